The monoisotopic (exact) mass is 437 g/mol. The van der Waals surface area contributed by atoms with Crippen LogP contribution in [0.1, 0.15) is 36.6 Å². The van der Waals surface area contributed by atoms with Crippen molar-refractivity contribution in [1.29, 1.82) is 0 Å². The molecule has 31 heavy (non-hydrogen) atoms. The first-order chi connectivity index (χ1) is 14.9. The highest BCUT2D eigenvalue weighted by atomic mass is 32.2. The van der Waals surface area contributed by atoms with Crippen LogP contribution in [0.2, 0.25) is 0 Å². The van der Waals surface area contributed by atoms with Crippen molar-refractivity contribution in [1.82, 2.24) is 5.32 Å². The van der Waals surface area contributed by atoms with E-state index in [1.807, 2.05) is 69.3 Å². The molecule has 1 atom stereocenters. The number of carbonyl (C=O) groups excluding carboxylic acids is 2. The molecule has 7 heteroatoms. The number of thioether (sulfide) groups is 1. The van der Waals surface area contributed by atoms with Crippen LogP contribution < -0.4 is 10.6 Å². The summed E-state index contributed by atoms with van der Waals surface area (Å²) in [5.41, 5.74) is 4.94. The summed E-state index contributed by atoms with van der Waals surface area (Å²) in [7, 11) is 0. The van der Waals surface area contributed by atoms with Gasteiger partial charge in [0.2, 0.25) is 5.91 Å². The summed E-state index contributed by atoms with van der Waals surface area (Å²) < 4.78 is 5.25. The second-order valence-corrected chi connectivity index (χ2v) is 8.20. The van der Waals surface area contributed by atoms with Crippen LogP contribution in [0.3, 0.4) is 0 Å². The highest BCUT2D eigenvalue weighted by molar-refractivity contribution is 8.14. The second kappa shape index (κ2) is 10.3. The molecule has 0 radical (unpaired) electrons. The Hall–Kier alpha value is -3.06. The van der Waals surface area contributed by atoms with Gasteiger partial charge in [-0.2, -0.15) is 0 Å². The van der Waals surface area contributed by atoms with E-state index in [0.717, 1.165) is 22.4 Å². The molecule has 1 heterocycles. The highest BCUT2D eigenvalue weighted by Crippen LogP contribution is 2.32. The molecular formula is C24H27N3O3S. The van der Waals surface area contributed by atoms with Crippen LogP contribution in [-0.2, 0) is 14.3 Å². The number of esters is 1. The van der Waals surface area contributed by atoms with E-state index in [2.05, 4.69) is 10.6 Å². The Bertz CT molecular complexity index is 1010. The lowest BCUT2D eigenvalue weighted by atomic mass is 9.97. The second-order valence-electron chi connectivity index (χ2n) is 7.24. The lowest BCUT2D eigenvalue weighted by molar-refractivity contribution is -0.139. The largest absolute Gasteiger partial charge is 0.463 e. The van der Waals surface area contributed by atoms with Gasteiger partial charge in [-0.1, -0.05) is 60.3 Å². The average Bonchev–Trinajstić information content (AvgIpc) is 2.75. The molecule has 0 aromatic heterocycles. The molecule has 1 aliphatic heterocycles. The van der Waals surface area contributed by atoms with Gasteiger partial charge in [0.1, 0.15) is 6.04 Å². The van der Waals surface area contributed by atoms with Crippen molar-refractivity contribution in [3.8, 4) is 0 Å². The fraction of sp³-hybridized carbons (Fsp3) is 0.292. The number of para-hydroxylation sites is 1. The number of amides is 1. The number of nitrogens with zero attached hydrogens (tertiary/aromatic N) is 1. The molecule has 6 nitrogen and oxygen atoms in total. The van der Waals surface area contributed by atoms with Crippen molar-refractivity contribution >= 4 is 34.5 Å². The lowest BCUT2D eigenvalue weighted by Gasteiger charge is -2.25. The van der Waals surface area contributed by atoms with E-state index < -0.39 is 6.04 Å². The third-order valence-corrected chi connectivity index (χ3v) is 5.80. The molecule has 1 amide bonds. The zero-order valence-electron chi connectivity index (χ0n) is 18.2. The number of nitrogens with one attached hydrogen (secondary N) is 2. The van der Waals surface area contributed by atoms with Crippen molar-refractivity contribution in [2.75, 3.05) is 17.7 Å². The van der Waals surface area contributed by atoms with E-state index >= 15 is 0 Å². The van der Waals surface area contributed by atoms with Crippen LogP contribution >= 0.6 is 11.8 Å². The average molecular weight is 438 g/mol. The van der Waals surface area contributed by atoms with Crippen LogP contribution in [0, 0.1) is 13.8 Å². The number of rotatable bonds is 6. The molecule has 2 aromatic rings. The molecule has 162 valence electrons. The molecule has 0 unspecified atom stereocenters. The third kappa shape index (κ3) is 5.55. The standard InChI is InChI=1S/C24H27N3O3S/c1-5-30-23(29)20-17(4)25-24(27-22(20)18-12-7-6-8-13-18)31-14-19(28)26-21-15(2)10-9-11-16(21)3/h6-13,22H,5,14H2,1-4H3,(H,25,27)(H,26,28)/t22-/m0/s1. The summed E-state index contributed by atoms with van der Waals surface area (Å²) in [6.07, 6.45) is 0. The number of hydrogen-bond donors (Lipinski definition) is 2. The minimum Gasteiger partial charge on any atom is -0.463 e. The van der Waals surface area contributed by atoms with Crippen molar-refractivity contribution in [2.45, 2.75) is 33.7 Å². The maximum Gasteiger partial charge on any atom is 0.338 e. The number of benzene rings is 2. The molecule has 0 fully saturated rings. The highest BCUT2D eigenvalue weighted by Gasteiger charge is 2.30. The summed E-state index contributed by atoms with van der Waals surface area (Å²) in [6.45, 7) is 7.84. The number of ether oxygens (including phenoxy) is 1. The molecular weight excluding hydrogens is 410 g/mol. The Labute approximate surface area is 187 Å². The van der Waals surface area contributed by atoms with Crippen molar-refractivity contribution in [3.05, 3.63) is 76.5 Å². The molecule has 2 N–H and O–H groups in total. The van der Waals surface area contributed by atoms with Crippen molar-refractivity contribution in [2.24, 2.45) is 4.99 Å². The van der Waals surface area contributed by atoms with E-state index in [4.69, 9.17) is 9.73 Å². The van der Waals surface area contributed by atoms with E-state index in [9.17, 15) is 9.59 Å². The molecule has 3 rings (SSSR count). The Morgan fingerprint density at radius 1 is 1.06 bits per heavy atom. The van der Waals surface area contributed by atoms with Gasteiger partial charge < -0.3 is 15.4 Å². The predicted molar refractivity (Wildman–Crippen MR) is 126 cm³/mol. The van der Waals surface area contributed by atoms with Gasteiger partial charge in [0.25, 0.3) is 0 Å². The Morgan fingerprint density at radius 3 is 2.39 bits per heavy atom. The van der Waals surface area contributed by atoms with Crippen molar-refractivity contribution < 1.29 is 14.3 Å². The van der Waals surface area contributed by atoms with Gasteiger partial charge in [0.05, 0.1) is 17.9 Å². The van der Waals surface area contributed by atoms with Gasteiger partial charge in [-0.05, 0) is 44.4 Å². The fourth-order valence-corrected chi connectivity index (χ4v) is 4.14. The van der Waals surface area contributed by atoms with Crippen LogP contribution in [0.4, 0.5) is 5.69 Å². The molecule has 0 aliphatic carbocycles. The number of anilines is 1. The molecule has 2 aromatic carbocycles. The smallest absolute Gasteiger partial charge is 0.338 e. The maximum atomic E-state index is 12.6. The number of allylic oxidation sites excluding steroid dienone is 1. The van der Waals surface area contributed by atoms with E-state index in [1.54, 1.807) is 6.92 Å². The summed E-state index contributed by atoms with van der Waals surface area (Å²) in [6, 6.07) is 15.0. The summed E-state index contributed by atoms with van der Waals surface area (Å²) >= 11 is 1.31. The van der Waals surface area contributed by atoms with Crippen LogP contribution in [-0.4, -0.2) is 29.4 Å². The third-order valence-electron chi connectivity index (χ3n) is 4.91. The first kappa shape index (κ1) is 22.6. The van der Waals surface area contributed by atoms with Gasteiger partial charge >= 0.3 is 5.97 Å². The quantitative estimate of drug-likeness (QED) is 0.650. The number of aliphatic imine (C=N–C) groups is 1. The zero-order chi connectivity index (χ0) is 22.4. The number of aryl methyl sites for hydroxylation is 2. The van der Waals surface area contributed by atoms with Gasteiger partial charge in [-0.3, -0.25) is 4.79 Å². The molecule has 0 saturated carbocycles. The Kier molecular flexibility index (Phi) is 7.52. The van der Waals surface area contributed by atoms with E-state index in [-0.39, 0.29) is 17.6 Å². The molecule has 1 aliphatic rings. The van der Waals surface area contributed by atoms with Gasteiger partial charge in [0.15, 0.2) is 5.17 Å². The van der Waals surface area contributed by atoms with E-state index in [1.165, 1.54) is 11.8 Å². The topological polar surface area (TPSA) is 79.8 Å². The first-order valence-electron chi connectivity index (χ1n) is 10.2. The minimum absolute atomic E-state index is 0.110. The van der Waals surface area contributed by atoms with E-state index in [0.29, 0.717) is 23.0 Å². The lowest BCUT2D eigenvalue weighted by Crippen LogP contribution is -2.31. The number of hydrogen-bond acceptors (Lipinski definition) is 6. The minimum atomic E-state index is -0.481. The maximum absolute atomic E-state index is 12.6. The SMILES string of the molecule is CCOC(=O)C1=C(C)NC(SCC(=O)Nc2c(C)cccc2C)=N[C@H]1c1ccccc1. The normalized spacial score (nSPS) is 15.7. The number of amidine groups is 1. The van der Waals surface area contributed by atoms with Crippen molar-refractivity contribution in [3.63, 3.8) is 0 Å². The molecule has 0 saturated heterocycles. The number of carbonyl (C=O) groups is 2. The predicted octanol–water partition coefficient (Wildman–Crippen LogP) is 4.51. The zero-order valence-corrected chi connectivity index (χ0v) is 19.0. The molecule has 0 spiro atoms. The van der Waals surface area contributed by atoms with Gasteiger partial charge in [0, 0.05) is 11.4 Å². The fourth-order valence-electron chi connectivity index (χ4n) is 3.39. The summed E-state index contributed by atoms with van der Waals surface area (Å²) in [5, 5.41) is 6.74. The van der Waals surface area contributed by atoms with Gasteiger partial charge in [-0.25, -0.2) is 9.79 Å². The first-order valence-corrected chi connectivity index (χ1v) is 11.2. The van der Waals surface area contributed by atoms with Crippen LogP contribution in [0.15, 0.2) is 64.8 Å². The van der Waals surface area contributed by atoms with Crippen LogP contribution in [0.5, 0.6) is 0 Å². The Morgan fingerprint density at radius 2 is 1.74 bits per heavy atom. The Balaban J connectivity index is 1.76. The summed E-state index contributed by atoms with van der Waals surface area (Å²) in [4.78, 5) is 29.9. The molecule has 0 bridgehead atoms. The van der Waals surface area contributed by atoms with Crippen LogP contribution in [0.25, 0.3) is 0 Å². The summed E-state index contributed by atoms with van der Waals surface area (Å²) in [5.74, 6) is -0.300. The van der Waals surface area contributed by atoms with Gasteiger partial charge in [-0.15, -0.1) is 0 Å².